The fourth-order valence-corrected chi connectivity index (χ4v) is 10.8. The molecular formula is C34H52O3S. The maximum Gasteiger partial charge on any atom is 0.297 e. The summed E-state index contributed by atoms with van der Waals surface area (Å²) in [5.74, 6) is 4.93. The van der Waals surface area contributed by atoms with Crippen LogP contribution in [-0.4, -0.2) is 14.5 Å². The average molecular weight is 541 g/mol. The van der Waals surface area contributed by atoms with Crippen molar-refractivity contribution in [2.45, 2.75) is 123 Å². The van der Waals surface area contributed by atoms with Crippen LogP contribution in [-0.2, 0) is 14.3 Å². The maximum absolute atomic E-state index is 13.0. The van der Waals surface area contributed by atoms with Crippen molar-refractivity contribution >= 4 is 10.1 Å². The molecule has 0 aliphatic heterocycles. The van der Waals surface area contributed by atoms with E-state index in [0.717, 1.165) is 60.3 Å². The Morgan fingerprint density at radius 3 is 2.39 bits per heavy atom. The molecule has 0 aromatic heterocycles. The second-order valence-electron chi connectivity index (χ2n) is 14.5. The van der Waals surface area contributed by atoms with Gasteiger partial charge in [-0.25, -0.2) is 0 Å². The lowest BCUT2D eigenvalue weighted by molar-refractivity contribution is -0.0556. The topological polar surface area (TPSA) is 43.4 Å². The highest BCUT2D eigenvalue weighted by Crippen LogP contribution is 2.67. The summed E-state index contributed by atoms with van der Waals surface area (Å²) in [5.41, 5.74) is 3.24. The van der Waals surface area contributed by atoms with E-state index in [0.29, 0.717) is 5.41 Å². The van der Waals surface area contributed by atoms with Gasteiger partial charge in [0, 0.05) is 0 Å². The zero-order valence-electron chi connectivity index (χ0n) is 24.8. The van der Waals surface area contributed by atoms with Gasteiger partial charge in [0.25, 0.3) is 10.1 Å². The third kappa shape index (κ3) is 5.18. The molecular weight excluding hydrogens is 488 g/mol. The summed E-state index contributed by atoms with van der Waals surface area (Å²) in [6.07, 6.45) is 15.8. The molecule has 4 aliphatic carbocycles. The number of rotatable bonds is 8. The van der Waals surface area contributed by atoms with Crippen LogP contribution in [0.5, 0.6) is 0 Å². The lowest BCUT2D eigenvalue weighted by atomic mass is 9.47. The van der Waals surface area contributed by atoms with Crippen LogP contribution in [0.2, 0.25) is 0 Å². The van der Waals surface area contributed by atoms with Crippen molar-refractivity contribution in [2.75, 3.05) is 0 Å². The molecule has 0 amide bonds. The van der Waals surface area contributed by atoms with E-state index in [4.69, 9.17) is 4.18 Å². The lowest BCUT2D eigenvalue weighted by Crippen LogP contribution is -2.51. The Kier molecular flexibility index (Phi) is 7.99. The molecule has 0 spiro atoms. The zero-order valence-corrected chi connectivity index (χ0v) is 25.7. The molecule has 1 aromatic carbocycles. The number of hydrogen-bond donors (Lipinski definition) is 0. The van der Waals surface area contributed by atoms with Crippen LogP contribution >= 0.6 is 0 Å². The van der Waals surface area contributed by atoms with E-state index < -0.39 is 10.1 Å². The Hall–Kier alpha value is -1.13. The lowest BCUT2D eigenvalue weighted by Gasteiger charge is -2.58. The number of hydrogen-bond acceptors (Lipinski definition) is 3. The average Bonchev–Trinajstić information content (AvgIpc) is 3.21. The summed E-state index contributed by atoms with van der Waals surface area (Å²) in [4.78, 5) is 0.273. The molecule has 0 N–H and O–H groups in total. The summed E-state index contributed by atoms with van der Waals surface area (Å²) < 4.78 is 31.8. The number of benzene rings is 1. The van der Waals surface area contributed by atoms with Crippen molar-refractivity contribution in [3.05, 3.63) is 41.5 Å². The molecule has 0 heterocycles. The van der Waals surface area contributed by atoms with Gasteiger partial charge < -0.3 is 0 Å². The monoisotopic (exact) mass is 540 g/mol. The van der Waals surface area contributed by atoms with Crippen molar-refractivity contribution in [3.8, 4) is 0 Å². The van der Waals surface area contributed by atoms with Gasteiger partial charge in [-0.05, 0) is 117 Å². The van der Waals surface area contributed by atoms with E-state index in [1.54, 1.807) is 12.1 Å². The molecule has 1 aromatic rings. The van der Waals surface area contributed by atoms with Crippen LogP contribution in [0.1, 0.15) is 111 Å². The van der Waals surface area contributed by atoms with Gasteiger partial charge >= 0.3 is 0 Å². The smallest absolute Gasteiger partial charge is 0.263 e. The third-order valence-electron chi connectivity index (χ3n) is 11.8. The second-order valence-corrected chi connectivity index (χ2v) is 16.1. The van der Waals surface area contributed by atoms with E-state index in [9.17, 15) is 8.42 Å². The van der Waals surface area contributed by atoms with Crippen LogP contribution in [0, 0.1) is 53.3 Å². The minimum absolute atomic E-state index is 0.207. The van der Waals surface area contributed by atoms with Gasteiger partial charge in [0.2, 0.25) is 0 Å². The first kappa shape index (κ1) is 28.4. The molecule has 38 heavy (non-hydrogen) atoms. The van der Waals surface area contributed by atoms with Crippen LogP contribution in [0.25, 0.3) is 0 Å². The van der Waals surface area contributed by atoms with Gasteiger partial charge in [-0.15, -0.1) is 0 Å². The van der Waals surface area contributed by atoms with Gasteiger partial charge in [-0.3, -0.25) is 4.18 Å². The molecule has 8 atom stereocenters. The molecule has 4 aliphatic rings. The van der Waals surface area contributed by atoms with Crippen molar-refractivity contribution in [1.82, 2.24) is 0 Å². The zero-order chi connectivity index (χ0) is 27.3. The molecule has 5 rings (SSSR count). The first-order valence-corrected chi connectivity index (χ1v) is 17.0. The predicted molar refractivity (Wildman–Crippen MR) is 156 cm³/mol. The maximum atomic E-state index is 13.0. The molecule has 3 nitrogen and oxygen atoms in total. The number of allylic oxidation sites excluding steroid dienone is 1. The van der Waals surface area contributed by atoms with Crippen molar-refractivity contribution < 1.29 is 12.6 Å². The summed E-state index contributed by atoms with van der Waals surface area (Å²) >= 11 is 0. The third-order valence-corrected chi connectivity index (χ3v) is 13.2. The minimum atomic E-state index is -3.73. The Bertz CT molecular complexity index is 1120. The van der Waals surface area contributed by atoms with E-state index in [1.165, 1.54) is 56.9 Å². The van der Waals surface area contributed by atoms with Gasteiger partial charge in [0.15, 0.2) is 0 Å². The highest BCUT2D eigenvalue weighted by Gasteiger charge is 2.59. The second kappa shape index (κ2) is 10.7. The Morgan fingerprint density at radius 2 is 1.68 bits per heavy atom. The standard InChI is InChI=1S/C34H52O3S/c1-23(2)8-7-9-25(4)30-16-17-31-29-15-12-26-22-27(37-38(35,36)28-13-10-24(3)11-14-28)18-20-33(26,5)32(29)19-21-34(30,31)6/h10-14,23,25,27,29-32H,7-9,15-22H2,1-6H3. The van der Waals surface area contributed by atoms with Crippen molar-refractivity contribution in [1.29, 1.82) is 0 Å². The Balaban J connectivity index is 1.27. The van der Waals surface area contributed by atoms with Crippen LogP contribution < -0.4 is 0 Å². The molecule has 3 saturated carbocycles. The highest BCUT2D eigenvalue weighted by atomic mass is 32.2. The normalized spacial score (nSPS) is 37.8. The first-order chi connectivity index (χ1) is 17.9. The minimum Gasteiger partial charge on any atom is -0.263 e. The molecule has 0 saturated heterocycles. The van der Waals surface area contributed by atoms with Crippen LogP contribution in [0.3, 0.4) is 0 Å². The fourth-order valence-electron chi connectivity index (χ4n) is 9.67. The quantitative estimate of drug-likeness (QED) is 0.244. The predicted octanol–water partition coefficient (Wildman–Crippen LogP) is 9.11. The fraction of sp³-hybridized carbons (Fsp3) is 0.765. The Labute approximate surface area is 233 Å². The summed E-state index contributed by atoms with van der Waals surface area (Å²) in [5, 5.41) is 0. The van der Waals surface area contributed by atoms with Gasteiger partial charge in [0.05, 0.1) is 11.0 Å². The van der Waals surface area contributed by atoms with Gasteiger partial charge in [-0.1, -0.05) is 83.2 Å². The van der Waals surface area contributed by atoms with Gasteiger partial charge in [0.1, 0.15) is 0 Å². The van der Waals surface area contributed by atoms with E-state index in [1.807, 2.05) is 19.1 Å². The Morgan fingerprint density at radius 1 is 0.947 bits per heavy atom. The summed E-state index contributed by atoms with van der Waals surface area (Å²) in [6.45, 7) is 14.4. The number of aryl methyl sites for hydroxylation is 1. The summed E-state index contributed by atoms with van der Waals surface area (Å²) in [6, 6.07) is 7.02. The molecule has 0 bridgehead atoms. The summed E-state index contributed by atoms with van der Waals surface area (Å²) in [7, 11) is -3.73. The van der Waals surface area contributed by atoms with Crippen LogP contribution in [0.4, 0.5) is 0 Å². The molecule has 8 unspecified atom stereocenters. The van der Waals surface area contributed by atoms with Crippen LogP contribution in [0.15, 0.2) is 40.8 Å². The number of fused-ring (bicyclic) bond motifs is 5. The van der Waals surface area contributed by atoms with E-state index >= 15 is 0 Å². The van der Waals surface area contributed by atoms with Gasteiger partial charge in [-0.2, -0.15) is 8.42 Å². The largest absolute Gasteiger partial charge is 0.297 e. The molecule has 3 fully saturated rings. The first-order valence-electron chi connectivity index (χ1n) is 15.6. The van der Waals surface area contributed by atoms with E-state index in [2.05, 4.69) is 40.7 Å². The van der Waals surface area contributed by atoms with Crippen molar-refractivity contribution in [2.24, 2.45) is 46.3 Å². The SMILES string of the molecule is Cc1ccc(S(=O)(=O)OC2CCC3(C)C(=CCC4C3CCC3(C)C(C(C)CCCC(C)C)CCC43)C2)cc1. The van der Waals surface area contributed by atoms with Crippen molar-refractivity contribution in [3.63, 3.8) is 0 Å². The van der Waals surface area contributed by atoms with E-state index in [-0.39, 0.29) is 16.4 Å². The molecule has 4 heteroatoms. The highest BCUT2D eigenvalue weighted by molar-refractivity contribution is 7.86. The molecule has 0 radical (unpaired) electrons. The molecule has 212 valence electrons.